The van der Waals surface area contributed by atoms with E-state index in [1.165, 1.54) is 154 Å². The predicted molar refractivity (Wildman–Crippen MR) is 205 cm³/mol. The summed E-state index contributed by atoms with van der Waals surface area (Å²) in [5.74, 6) is -0.585. The van der Waals surface area contributed by atoms with Crippen LogP contribution in [-0.2, 0) is 4.79 Å². The summed E-state index contributed by atoms with van der Waals surface area (Å²) in [6, 6.07) is -0.983. The van der Waals surface area contributed by atoms with E-state index >= 15 is 0 Å². The van der Waals surface area contributed by atoms with Crippen LogP contribution >= 0.6 is 0 Å². The van der Waals surface area contributed by atoms with Gasteiger partial charge in [-0.1, -0.05) is 193 Å². The van der Waals surface area contributed by atoms with Gasteiger partial charge in [0.1, 0.15) is 12.2 Å². The Morgan fingerprint density at radius 3 is 1.21 bits per heavy atom. The second-order valence-corrected chi connectivity index (χ2v) is 14.7. The van der Waals surface area contributed by atoms with Crippen molar-refractivity contribution in [3.8, 4) is 0 Å². The lowest BCUT2D eigenvalue weighted by molar-refractivity contribution is -0.132. The number of aliphatic hydroxyl groups excluding tert-OH is 4. The number of rotatable bonds is 38. The molecule has 0 aromatic heterocycles. The van der Waals surface area contributed by atoms with Crippen LogP contribution in [0.1, 0.15) is 219 Å². The monoisotopic (exact) mass is 682 g/mol. The van der Waals surface area contributed by atoms with Crippen molar-refractivity contribution in [1.29, 1.82) is 0 Å². The number of carbonyl (C=O) groups is 1. The third-order valence-corrected chi connectivity index (χ3v) is 9.98. The Morgan fingerprint density at radius 1 is 0.500 bits per heavy atom. The van der Waals surface area contributed by atoms with E-state index in [0.29, 0.717) is 12.8 Å². The zero-order valence-corrected chi connectivity index (χ0v) is 32.0. The van der Waals surface area contributed by atoms with Gasteiger partial charge in [0.05, 0.1) is 18.8 Å². The first-order chi connectivity index (χ1) is 23.5. The lowest BCUT2D eigenvalue weighted by Gasteiger charge is -2.27. The molecule has 0 rings (SSSR count). The van der Waals surface area contributed by atoms with Crippen LogP contribution in [0.4, 0.5) is 0 Å². The molecule has 0 fully saturated rings. The zero-order chi connectivity index (χ0) is 35.3. The summed E-state index contributed by atoms with van der Waals surface area (Å²) < 4.78 is 0. The van der Waals surface area contributed by atoms with Gasteiger partial charge in [-0.2, -0.15) is 0 Å². The molecule has 0 aliphatic carbocycles. The van der Waals surface area contributed by atoms with Crippen LogP contribution in [0.15, 0.2) is 12.2 Å². The van der Waals surface area contributed by atoms with Gasteiger partial charge in [0.15, 0.2) is 0 Å². The maximum absolute atomic E-state index is 12.5. The molecule has 0 spiro atoms. The molecule has 4 unspecified atom stereocenters. The SMILES string of the molecule is CCCCCCCCCC=CCCCCCCCCCC(O)C(O)C(CO)NC(=O)C(O)CCCCCCCCCCCCCCCC. The van der Waals surface area contributed by atoms with E-state index < -0.39 is 36.9 Å². The van der Waals surface area contributed by atoms with Crippen LogP contribution in [0.2, 0.25) is 0 Å². The molecular weight excluding hydrogens is 598 g/mol. The number of carbonyl (C=O) groups excluding carboxylic acids is 1. The predicted octanol–water partition coefficient (Wildman–Crippen LogP) is 10.6. The summed E-state index contributed by atoms with van der Waals surface area (Å²) in [5.41, 5.74) is 0. The third-order valence-electron chi connectivity index (χ3n) is 9.98. The van der Waals surface area contributed by atoms with Crippen LogP contribution in [0.3, 0.4) is 0 Å². The molecule has 0 heterocycles. The Labute approximate surface area is 298 Å². The van der Waals surface area contributed by atoms with Gasteiger partial charge < -0.3 is 25.7 Å². The lowest BCUT2D eigenvalue weighted by atomic mass is 9.99. The van der Waals surface area contributed by atoms with E-state index in [2.05, 4.69) is 31.3 Å². The average molecular weight is 682 g/mol. The second kappa shape index (κ2) is 37.3. The Morgan fingerprint density at radius 2 is 0.833 bits per heavy atom. The van der Waals surface area contributed by atoms with E-state index in [0.717, 1.165) is 38.5 Å². The molecule has 0 aromatic rings. The normalized spacial score (nSPS) is 14.4. The van der Waals surface area contributed by atoms with Gasteiger partial charge >= 0.3 is 0 Å². The average Bonchev–Trinajstić information content (AvgIpc) is 3.09. The van der Waals surface area contributed by atoms with Gasteiger partial charge in [0.2, 0.25) is 5.91 Å². The second-order valence-electron chi connectivity index (χ2n) is 14.7. The molecule has 4 atom stereocenters. The van der Waals surface area contributed by atoms with Gasteiger partial charge in [-0.05, 0) is 38.5 Å². The third kappa shape index (κ3) is 31.1. The lowest BCUT2D eigenvalue weighted by Crippen LogP contribution is -2.53. The van der Waals surface area contributed by atoms with Crippen molar-refractivity contribution in [3.05, 3.63) is 12.2 Å². The van der Waals surface area contributed by atoms with Crippen molar-refractivity contribution < 1.29 is 25.2 Å². The molecule has 0 aliphatic rings. The minimum Gasteiger partial charge on any atom is -0.394 e. The maximum Gasteiger partial charge on any atom is 0.249 e. The van der Waals surface area contributed by atoms with Crippen LogP contribution in [0.5, 0.6) is 0 Å². The van der Waals surface area contributed by atoms with Gasteiger partial charge in [-0.25, -0.2) is 0 Å². The molecule has 0 bridgehead atoms. The van der Waals surface area contributed by atoms with Gasteiger partial charge in [0.25, 0.3) is 0 Å². The number of amides is 1. The molecule has 0 saturated carbocycles. The van der Waals surface area contributed by atoms with Crippen LogP contribution in [-0.4, -0.2) is 57.3 Å². The van der Waals surface area contributed by atoms with Crippen molar-refractivity contribution in [2.45, 2.75) is 244 Å². The summed E-state index contributed by atoms with van der Waals surface area (Å²) in [5, 5.41) is 43.6. The fraction of sp³-hybridized carbons (Fsp3) is 0.929. The topological polar surface area (TPSA) is 110 Å². The highest BCUT2D eigenvalue weighted by Crippen LogP contribution is 2.16. The van der Waals surface area contributed by atoms with Crippen molar-refractivity contribution in [2.75, 3.05) is 6.61 Å². The Balaban J connectivity index is 3.75. The standard InChI is InChI=1S/C42H83NO5/c1-3-5-7-9-11-13-15-17-19-20-21-22-24-25-27-29-31-33-35-39(45)41(47)38(37-44)43-42(48)40(46)36-34-32-30-28-26-23-18-16-14-12-10-8-6-4-2/h19-20,38-41,44-47H,3-18,21-37H2,1-2H3,(H,43,48). The zero-order valence-electron chi connectivity index (χ0n) is 32.0. The van der Waals surface area contributed by atoms with Crippen molar-refractivity contribution in [2.24, 2.45) is 0 Å². The highest BCUT2D eigenvalue weighted by Gasteiger charge is 2.28. The minimum absolute atomic E-state index is 0.372. The van der Waals surface area contributed by atoms with Crippen molar-refractivity contribution in [3.63, 3.8) is 0 Å². The minimum atomic E-state index is -1.26. The van der Waals surface area contributed by atoms with Crippen molar-refractivity contribution in [1.82, 2.24) is 5.32 Å². The maximum atomic E-state index is 12.5. The molecule has 6 nitrogen and oxygen atoms in total. The Hall–Kier alpha value is -0.950. The number of nitrogens with one attached hydrogen (secondary N) is 1. The summed E-state index contributed by atoms with van der Waals surface area (Å²) in [4.78, 5) is 12.5. The molecule has 5 N–H and O–H groups in total. The largest absolute Gasteiger partial charge is 0.394 e. The molecule has 0 aliphatic heterocycles. The fourth-order valence-electron chi connectivity index (χ4n) is 6.57. The molecule has 6 heteroatoms. The first kappa shape index (κ1) is 47.0. The molecule has 1 amide bonds. The molecule has 48 heavy (non-hydrogen) atoms. The number of aliphatic hydroxyl groups is 4. The summed E-state index contributed by atoms with van der Waals surface area (Å²) >= 11 is 0. The highest BCUT2D eigenvalue weighted by atomic mass is 16.3. The first-order valence-electron chi connectivity index (χ1n) is 21.1. The molecule has 286 valence electrons. The van der Waals surface area contributed by atoms with E-state index in [9.17, 15) is 25.2 Å². The number of unbranched alkanes of at least 4 members (excludes halogenated alkanes) is 27. The highest BCUT2D eigenvalue weighted by molar-refractivity contribution is 5.80. The van der Waals surface area contributed by atoms with E-state index in [1.807, 2.05) is 0 Å². The number of allylic oxidation sites excluding steroid dienone is 2. The molecule has 0 radical (unpaired) electrons. The van der Waals surface area contributed by atoms with Gasteiger partial charge in [-0.3, -0.25) is 4.79 Å². The number of hydrogen-bond acceptors (Lipinski definition) is 5. The van der Waals surface area contributed by atoms with Gasteiger partial charge in [0, 0.05) is 0 Å². The smallest absolute Gasteiger partial charge is 0.249 e. The Kier molecular flexibility index (Phi) is 36.6. The van der Waals surface area contributed by atoms with E-state index in [4.69, 9.17) is 0 Å². The van der Waals surface area contributed by atoms with Crippen LogP contribution in [0.25, 0.3) is 0 Å². The molecular formula is C42H83NO5. The number of hydrogen-bond donors (Lipinski definition) is 5. The quantitative estimate of drug-likeness (QED) is 0.0329. The van der Waals surface area contributed by atoms with Crippen LogP contribution < -0.4 is 5.32 Å². The molecule has 0 saturated heterocycles. The van der Waals surface area contributed by atoms with E-state index in [-0.39, 0.29) is 0 Å². The van der Waals surface area contributed by atoms with E-state index in [1.54, 1.807) is 0 Å². The summed E-state index contributed by atoms with van der Waals surface area (Å²) in [6.07, 6.45) is 39.4. The van der Waals surface area contributed by atoms with Crippen LogP contribution in [0, 0.1) is 0 Å². The van der Waals surface area contributed by atoms with Crippen molar-refractivity contribution >= 4 is 5.91 Å². The molecule has 0 aromatic carbocycles. The van der Waals surface area contributed by atoms with Gasteiger partial charge in [-0.15, -0.1) is 0 Å². The summed E-state index contributed by atoms with van der Waals surface area (Å²) in [6.45, 7) is 4.04. The first-order valence-corrected chi connectivity index (χ1v) is 21.1. The fourth-order valence-corrected chi connectivity index (χ4v) is 6.57. The Bertz CT molecular complexity index is 687. The summed E-state index contributed by atoms with van der Waals surface area (Å²) in [7, 11) is 0.